The lowest BCUT2D eigenvalue weighted by atomic mass is 10.2. The molecule has 1 fully saturated rings. The molecule has 1 aliphatic rings. The predicted molar refractivity (Wildman–Crippen MR) is 105 cm³/mol. The van der Waals surface area contributed by atoms with Crippen molar-refractivity contribution in [3.63, 3.8) is 0 Å². The first kappa shape index (κ1) is 19.3. The summed E-state index contributed by atoms with van der Waals surface area (Å²) < 4.78 is 19.4. The maximum Gasteiger partial charge on any atom is 0.359 e. The van der Waals surface area contributed by atoms with Crippen molar-refractivity contribution in [1.82, 2.24) is 24.1 Å². The summed E-state index contributed by atoms with van der Waals surface area (Å²) in [6.07, 6.45) is 7.01. The van der Waals surface area contributed by atoms with Crippen molar-refractivity contribution in [3.8, 4) is 11.3 Å². The molecule has 1 saturated heterocycles. The van der Waals surface area contributed by atoms with Gasteiger partial charge in [0.25, 0.3) is 0 Å². The van der Waals surface area contributed by atoms with Crippen LogP contribution in [-0.4, -0.2) is 76.7 Å². The lowest BCUT2D eigenvalue weighted by molar-refractivity contribution is 0.0521. The van der Waals surface area contributed by atoms with E-state index in [0.29, 0.717) is 37.7 Å². The highest BCUT2D eigenvalue weighted by Crippen LogP contribution is 2.30. The number of carbonyl (C=O) groups is 1. The molecular formula is C19H24N6O4. The van der Waals surface area contributed by atoms with Crippen LogP contribution in [0.2, 0.25) is 0 Å². The molecule has 10 heteroatoms. The van der Waals surface area contributed by atoms with E-state index in [0.717, 1.165) is 24.3 Å². The Morgan fingerprint density at radius 3 is 2.86 bits per heavy atom. The summed E-state index contributed by atoms with van der Waals surface area (Å²) in [4.78, 5) is 23.9. The van der Waals surface area contributed by atoms with Gasteiger partial charge in [-0.15, -0.1) is 0 Å². The number of ether oxygens (including phenoxy) is 3. The van der Waals surface area contributed by atoms with Gasteiger partial charge in [0, 0.05) is 32.0 Å². The van der Waals surface area contributed by atoms with Crippen LogP contribution < -0.4 is 4.90 Å². The maximum atomic E-state index is 12.7. The van der Waals surface area contributed by atoms with Gasteiger partial charge >= 0.3 is 5.97 Å². The second-order valence-corrected chi connectivity index (χ2v) is 6.59. The fourth-order valence-corrected chi connectivity index (χ4v) is 3.39. The van der Waals surface area contributed by atoms with Crippen LogP contribution in [0, 0.1) is 0 Å². The van der Waals surface area contributed by atoms with Gasteiger partial charge in [0.1, 0.15) is 6.33 Å². The van der Waals surface area contributed by atoms with E-state index in [1.54, 1.807) is 37.4 Å². The van der Waals surface area contributed by atoms with Gasteiger partial charge in [0.15, 0.2) is 11.3 Å². The highest BCUT2D eigenvalue weighted by molar-refractivity contribution is 5.96. The average Bonchev–Trinajstić information content (AvgIpc) is 3.37. The number of hydrogen-bond donors (Lipinski definition) is 0. The van der Waals surface area contributed by atoms with Crippen LogP contribution in [0.25, 0.3) is 16.9 Å². The third kappa shape index (κ3) is 3.81. The van der Waals surface area contributed by atoms with E-state index in [-0.39, 0.29) is 12.3 Å². The number of aromatic nitrogens is 5. The first-order chi connectivity index (χ1) is 14.2. The van der Waals surface area contributed by atoms with Crippen molar-refractivity contribution in [2.75, 3.05) is 51.5 Å². The van der Waals surface area contributed by atoms with E-state index in [1.165, 1.54) is 0 Å². The number of carbonyl (C=O) groups excluding carboxylic acids is 1. The number of nitrogens with zero attached hydrogens (tertiary/aromatic N) is 6. The molecule has 0 saturated carbocycles. The first-order valence-electron chi connectivity index (χ1n) is 9.60. The fourth-order valence-electron chi connectivity index (χ4n) is 3.39. The molecule has 3 aromatic rings. The number of rotatable bonds is 7. The maximum absolute atomic E-state index is 12.7. The molecule has 1 aliphatic heterocycles. The van der Waals surface area contributed by atoms with Crippen LogP contribution in [0.1, 0.15) is 17.4 Å². The van der Waals surface area contributed by atoms with Crippen molar-refractivity contribution in [2.45, 2.75) is 13.5 Å². The number of anilines is 1. The van der Waals surface area contributed by atoms with Gasteiger partial charge in [-0.3, -0.25) is 9.08 Å². The molecule has 4 heterocycles. The Bertz CT molecular complexity index is 992. The van der Waals surface area contributed by atoms with Gasteiger partial charge in [-0.2, -0.15) is 5.10 Å². The second-order valence-electron chi connectivity index (χ2n) is 6.59. The third-order valence-electron chi connectivity index (χ3n) is 4.77. The minimum absolute atomic E-state index is 0.251. The zero-order valence-corrected chi connectivity index (χ0v) is 16.6. The van der Waals surface area contributed by atoms with E-state index < -0.39 is 5.97 Å². The lowest BCUT2D eigenvalue weighted by Gasteiger charge is -2.28. The van der Waals surface area contributed by atoms with Crippen LogP contribution >= 0.6 is 0 Å². The van der Waals surface area contributed by atoms with Gasteiger partial charge in [0.2, 0.25) is 0 Å². The topological polar surface area (TPSA) is 96.0 Å². The van der Waals surface area contributed by atoms with Gasteiger partial charge in [0.05, 0.1) is 56.7 Å². The van der Waals surface area contributed by atoms with Gasteiger partial charge in [-0.1, -0.05) is 0 Å². The second kappa shape index (κ2) is 8.58. The van der Waals surface area contributed by atoms with Gasteiger partial charge < -0.3 is 19.1 Å². The molecule has 0 amide bonds. The van der Waals surface area contributed by atoms with Crippen LogP contribution in [0.3, 0.4) is 0 Å². The van der Waals surface area contributed by atoms with Gasteiger partial charge in [-0.05, 0) is 6.92 Å². The van der Waals surface area contributed by atoms with E-state index >= 15 is 0 Å². The number of imidazole rings is 1. The Balaban J connectivity index is 1.83. The van der Waals surface area contributed by atoms with E-state index in [1.807, 2.05) is 10.6 Å². The smallest absolute Gasteiger partial charge is 0.359 e. The summed E-state index contributed by atoms with van der Waals surface area (Å²) in [6.45, 7) is 5.98. The van der Waals surface area contributed by atoms with Crippen LogP contribution in [0.15, 0.2) is 24.9 Å². The normalized spacial score (nSPS) is 14.5. The predicted octanol–water partition coefficient (Wildman–Crippen LogP) is 1.25. The quantitative estimate of drug-likeness (QED) is 0.547. The first-order valence-corrected chi connectivity index (χ1v) is 9.60. The molecule has 0 radical (unpaired) electrons. The van der Waals surface area contributed by atoms with E-state index in [2.05, 4.69) is 20.0 Å². The third-order valence-corrected chi connectivity index (χ3v) is 4.77. The zero-order valence-electron chi connectivity index (χ0n) is 16.6. The highest BCUT2D eigenvalue weighted by Gasteiger charge is 2.26. The van der Waals surface area contributed by atoms with Crippen LogP contribution in [0.5, 0.6) is 0 Å². The molecule has 4 rings (SSSR count). The Hall–Kier alpha value is -2.98. The minimum atomic E-state index is -0.469. The Labute approximate surface area is 168 Å². The summed E-state index contributed by atoms with van der Waals surface area (Å²) in [5, 5.41) is 4.37. The number of esters is 1. The lowest BCUT2D eigenvalue weighted by Crippen LogP contribution is -2.36. The fraction of sp³-hybridized carbons (Fsp3) is 0.474. The largest absolute Gasteiger partial charge is 0.461 e. The molecule has 29 heavy (non-hydrogen) atoms. The highest BCUT2D eigenvalue weighted by atomic mass is 16.5. The minimum Gasteiger partial charge on any atom is -0.461 e. The molecule has 0 unspecified atom stereocenters. The molecule has 0 aromatic carbocycles. The average molecular weight is 400 g/mol. The van der Waals surface area contributed by atoms with E-state index in [4.69, 9.17) is 14.2 Å². The molecule has 0 atom stereocenters. The summed E-state index contributed by atoms with van der Waals surface area (Å²) in [5.41, 5.74) is 3.15. The van der Waals surface area contributed by atoms with Crippen molar-refractivity contribution in [1.29, 1.82) is 0 Å². The molecule has 0 spiro atoms. The Kier molecular flexibility index (Phi) is 5.72. The van der Waals surface area contributed by atoms with Crippen molar-refractivity contribution < 1.29 is 19.0 Å². The monoisotopic (exact) mass is 400 g/mol. The van der Waals surface area contributed by atoms with Gasteiger partial charge in [-0.25, -0.2) is 14.8 Å². The Morgan fingerprint density at radius 1 is 1.28 bits per heavy atom. The molecule has 10 nitrogen and oxygen atoms in total. The van der Waals surface area contributed by atoms with Crippen molar-refractivity contribution >= 4 is 17.3 Å². The number of morpholine rings is 1. The standard InChI is InChI=1S/C19H24N6O4/c1-3-29-19(26)16-17(14-10-21-24(12-14)6-7-27-2)25-13-20-11-15(18(25)22-16)23-4-8-28-9-5-23/h10-13H,3-9H2,1-2H3. The molecule has 0 bridgehead atoms. The summed E-state index contributed by atoms with van der Waals surface area (Å²) in [7, 11) is 1.65. The summed E-state index contributed by atoms with van der Waals surface area (Å²) in [5.74, 6) is -0.469. The summed E-state index contributed by atoms with van der Waals surface area (Å²) >= 11 is 0. The Morgan fingerprint density at radius 2 is 2.10 bits per heavy atom. The van der Waals surface area contributed by atoms with Crippen LogP contribution in [-0.2, 0) is 20.8 Å². The van der Waals surface area contributed by atoms with Crippen molar-refractivity contribution in [3.05, 3.63) is 30.6 Å². The SMILES string of the molecule is CCOC(=O)c1nc2c(N3CCOCC3)cncn2c1-c1cnn(CCOC)c1. The molecule has 0 N–H and O–H groups in total. The molecular weight excluding hydrogens is 376 g/mol. The van der Waals surface area contributed by atoms with Crippen LogP contribution in [0.4, 0.5) is 5.69 Å². The number of hydrogen-bond acceptors (Lipinski definition) is 8. The van der Waals surface area contributed by atoms with Crippen molar-refractivity contribution in [2.24, 2.45) is 0 Å². The van der Waals surface area contributed by atoms with E-state index in [9.17, 15) is 4.79 Å². The zero-order chi connectivity index (χ0) is 20.2. The number of methoxy groups -OCH3 is 1. The summed E-state index contributed by atoms with van der Waals surface area (Å²) in [6, 6.07) is 0. The molecule has 154 valence electrons. The molecule has 0 aliphatic carbocycles. The molecule has 3 aromatic heterocycles. The number of fused-ring (bicyclic) bond motifs is 1.